The van der Waals surface area contributed by atoms with Gasteiger partial charge in [0.1, 0.15) is 5.69 Å². The van der Waals surface area contributed by atoms with Crippen LogP contribution in [-0.2, 0) is 0 Å². The quantitative estimate of drug-likeness (QED) is 0.715. The molecule has 2 rings (SSSR count). The van der Waals surface area contributed by atoms with Gasteiger partial charge in [-0.05, 0) is 18.2 Å². The smallest absolute Gasteiger partial charge is 0.255 e. The summed E-state index contributed by atoms with van der Waals surface area (Å²) < 4.78 is 0. The molecule has 0 atom stereocenters. The van der Waals surface area contributed by atoms with E-state index in [1.165, 1.54) is 6.20 Å². The van der Waals surface area contributed by atoms with Crippen LogP contribution >= 0.6 is 0 Å². The molecule has 0 saturated carbocycles. The van der Waals surface area contributed by atoms with Crippen molar-refractivity contribution in [3.63, 3.8) is 0 Å². The van der Waals surface area contributed by atoms with Gasteiger partial charge in [0.05, 0.1) is 17.6 Å². The van der Waals surface area contributed by atoms with Crippen molar-refractivity contribution < 1.29 is 4.79 Å². The minimum Gasteiger partial charge on any atom is -0.397 e. The number of nitrogens with two attached hydrogens (primary N) is 1. The number of nitrogens with zero attached hydrogens (tertiary/aromatic N) is 1. The van der Waals surface area contributed by atoms with E-state index in [9.17, 15) is 4.79 Å². The van der Waals surface area contributed by atoms with Gasteiger partial charge in [0.2, 0.25) is 0 Å². The highest BCUT2D eigenvalue weighted by atomic mass is 16.1. The molecule has 0 radical (unpaired) electrons. The second-order valence-corrected chi connectivity index (χ2v) is 3.66. The minimum atomic E-state index is -0.223. The first-order valence-electron chi connectivity index (χ1n) is 5.33. The third-order valence-corrected chi connectivity index (χ3v) is 2.38. The Hall–Kier alpha value is -2.69. The first kappa shape index (κ1) is 11.8. The number of pyridine rings is 1. The van der Waals surface area contributed by atoms with Gasteiger partial charge in [-0.25, -0.2) is 0 Å². The Morgan fingerprint density at radius 1 is 1.33 bits per heavy atom. The van der Waals surface area contributed by atoms with E-state index in [1.807, 2.05) is 6.07 Å². The van der Waals surface area contributed by atoms with E-state index in [0.29, 0.717) is 22.6 Å². The highest BCUT2D eigenvalue weighted by Gasteiger charge is 2.06. The molecular formula is C13H12N4O. The van der Waals surface area contributed by atoms with Crippen molar-refractivity contribution >= 4 is 23.5 Å². The summed E-state index contributed by atoms with van der Waals surface area (Å²) in [6.07, 6.45) is 2.54. The lowest BCUT2D eigenvalue weighted by Gasteiger charge is -2.06. The molecule has 0 spiro atoms. The van der Waals surface area contributed by atoms with Gasteiger partial charge < -0.3 is 16.5 Å². The molecule has 1 heterocycles. The third kappa shape index (κ3) is 2.52. The molecule has 1 aromatic carbocycles. The zero-order chi connectivity index (χ0) is 13.0. The van der Waals surface area contributed by atoms with E-state index in [4.69, 9.17) is 11.1 Å². The van der Waals surface area contributed by atoms with Crippen LogP contribution in [0.4, 0.5) is 11.4 Å². The van der Waals surface area contributed by atoms with Crippen LogP contribution in [0, 0.1) is 5.41 Å². The number of aromatic nitrogens is 1. The van der Waals surface area contributed by atoms with Crippen molar-refractivity contribution in [3.8, 4) is 0 Å². The number of hydrogen-bond donors (Lipinski definition) is 3. The summed E-state index contributed by atoms with van der Waals surface area (Å²) in [6, 6.07) is 10.4. The highest BCUT2D eigenvalue weighted by Crippen LogP contribution is 2.14. The first-order chi connectivity index (χ1) is 8.70. The molecule has 1 amide bonds. The third-order valence-electron chi connectivity index (χ3n) is 2.38. The predicted molar refractivity (Wildman–Crippen MR) is 70.9 cm³/mol. The van der Waals surface area contributed by atoms with Crippen LogP contribution < -0.4 is 11.1 Å². The fourth-order valence-corrected chi connectivity index (χ4v) is 1.47. The van der Waals surface area contributed by atoms with E-state index in [1.54, 1.807) is 30.3 Å². The molecule has 2 aromatic rings. The summed E-state index contributed by atoms with van der Waals surface area (Å²) in [5.74, 6) is -0.223. The van der Waals surface area contributed by atoms with Gasteiger partial charge in [-0.2, -0.15) is 0 Å². The molecule has 5 heteroatoms. The maximum Gasteiger partial charge on any atom is 0.255 e. The van der Waals surface area contributed by atoms with E-state index in [2.05, 4.69) is 10.3 Å². The number of nitrogens with one attached hydrogen (secondary N) is 2. The molecule has 4 N–H and O–H groups in total. The zero-order valence-corrected chi connectivity index (χ0v) is 9.55. The molecule has 0 saturated heterocycles. The molecule has 90 valence electrons. The van der Waals surface area contributed by atoms with E-state index >= 15 is 0 Å². The Labute approximate surface area is 104 Å². The van der Waals surface area contributed by atoms with Crippen LogP contribution in [0.15, 0.2) is 42.6 Å². The Balaban J connectivity index is 2.17. The topological polar surface area (TPSA) is 91.9 Å². The molecule has 0 fully saturated rings. The van der Waals surface area contributed by atoms with E-state index in [-0.39, 0.29) is 5.91 Å². The van der Waals surface area contributed by atoms with Crippen LogP contribution in [0.2, 0.25) is 0 Å². The number of amides is 1. The summed E-state index contributed by atoms with van der Waals surface area (Å²) in [4.78, 5) is 15.8. The van der Waals surface area contributed by atoms with Crippen LogP contribution in [0.1, 0.15) is 16.1 Å². The zero-order valence-electron chi connectivity index (χ0n) is 9.55. The van der Waals surface area contributed by atoms with Crippen molar-refractivity contribution in [2.24, 2.45) is 0 Å². The van der Waals surface area contributed by atoms with E-state index in [0.717, 1.165) is 6.21 Å². The predicted octanol–water partition coefficient (Wildman–Crippen LogP) is 1.91. The molecule has 18 heavy (non-hydrogen) atoms. The van der Waals surface area contributed by atoms with Crippen LogP contribution in [0.3, 0.4) is 0 Å². The number of benzene rings is 1. The standard InChI is InChI=1S/C13H12N4O/c14-7-12-11(15)6-10(8-16-12)17-13(18)9-4-2-1-3-5-9/h1-8,14H,15H2,(H,17,18). The van der Waals surface area contributed by atoms with Crippen LogP contribution in [-0.4, -0.2) is 17.1 Å². The number of nitrogen functional groups attached to an aromatic ring is 1. The number of carbonyl (C=O) groups is 1. The van der Waals surface area contributed by atoms with Crippen LogP contribution in [0.25, 0.3) is 0 Å². The average Bonchev–Trinajstić information content (AvgIpc) is 2.40. The molecule has 0 bridgehead atoms. The largest absolute Gasteiger partial charge is 0.397 e. The molecule has 5 nitrogen and oxygen atoms in total. The number of rotatable bonds is 3. The monoisotopic (exact) mass is 240 g/mol. The Morgan fingerprint density at radius 3 is 2.67 bits per heavy atom. The fraction of sp³-hybridized carbons (Fsp3) is 0. The second-order valence-electron chi connectivity index (χ2n) is 3.66. The van der Waals surface area contributed by atoms with Gasteiger partial charge in [0.15, 0.2) is 0 Å². The average molecular weight is 240 g/mol. The summed E-state index contributed by atoms with van der Waals surface area (Å²) in [6.45, 7) is 0. The van der Waals surface area contributed by atoms with Gasteiger partial charge in [0, 0.05) is 11.8 Å². The Morgan fingerprint density at radius 2 is 2.06 bits per heavy atom. The van der Waals surface area contributed by atoms with Crippen LogP contribution in [0.5, 0.6) is 0 Å². The van der Waals surface area contributed by atoms with Gasteiger partial charge in [-0.15, -0.1) is 0 Å². The summed E-state index contributed by atoms with van der Waals surface area (Å²) in [7, 11) is 0. The van der Waals surface area contributed by atoms with Gasteiger partial charge in [-0.3, -0.25) is 9.78 Å². The molecular weight excluding hydrogens is 228 g/mol. The van der Waals surface area contributed by atoms with Crippen molar-refractivity contribution in [2.45, 2.75) is 0 Å². The number of anilines is 2. The summed E-state index contributed by atoms with van der Waals surface area (Å²) >= 11 is 0. The summed E-state index contributed by atoms with van der Waals surface area (Å²) in [5, 5.41) is 9.77. The Kier molecular flexibility index (Phi) is 3.33. The molecule has 0 aliphatic rings. The van der Waals surface area contributed by atoms with Crippen molar-refractivity contribution in [1.29, 1.82) is 5.41 Å². The van der Waals surface area contributed by atoms with Gasteiger partial charge in [0.25, 0.3) is 5.91 Å². The number of carbonyl (C=O) groups excluding carboxylic acids is 1. The fourth-order valence-electron chi connectivity index (χ4n) is 1.47. The molecule has 1 aromatic heterocycles. The Bertz CT molecular complexity index is 581. The lowest BCUT2D eigenvalue weighted by molar-refractivity contribution is 0.102. The van der Waals surface area contributed by atoms with E-state index < -0.39 is 0 Å². The van der Waals surface area contributed by atoms with Gasteiger partial charge in [-0.1, -0.05) is 18.2 Å². The summed E-state index contributed by atoms with van der Waals surface area (Å²) in [5.41, 5.74) is 7.49. The minimum absolute atomic E-state index is 0.223. The SMILES string of the molecule is N=Cc1ncc(NC(=O)c2ccccc2)cc1N. The second kappa shape index (κ2) is 5.09. The van der Waals surface area contributed by atoms with Gasteiger partial charge >= 0.3 is 0 Å². The molecule has 0 unspecified atom stereocenters. The molecule has 0 aliphatic heterocycles. The maximum atomic E-state index is 11.9. The first-order valence-corrected chi connectivity index (χ1v) is 5.33. The number of hydrogen-bond acceptors (Lipinski definition) is 4. The van der Waals surface area contributed by atoms with Crippen molar-refractivity contribution in [1.82, 2.24) is 4.98 Å². The van der Waals surface area contributed by atoms with Crippen molar-refractivity contribution in [2.75, 3.05) is 11.1 Å². The molecule has 0 aliphatic carbocycles. The maximum absolute atomic E-state index is 11.9. The highest BCUT2D eigenvalue weighted by molar-refractivity contribution is 6.04. The lowest BCUT2D eigenvalue weighted by atomic mass is 10.2. The van der Waals surface area contributed by atoms with Crippen molar-refractivity contribution in [3.05, 3.63) is 53.9 Å². The lowest BCUT2D eigenvalue weighted by Crippen LogP contribution is -2.12. The normalized spacial score (nSPS) is 9.78.